The monoisotopic (exact) mass is 276 g/mol. The molecule has 4 heteroatoms. The summed E-state index contributed by atoms with van der Waals surface area (Å²) in [6, 6.07) is 9.92. The summed E-state index contributed by atoms with van der Waals surface area (Å²) in [5.41, 5.74) is 1.68. The summed E-state index contributed by atoms with van der Waals surface area (Å²) in [7, 11) is 0. The Morgan fingerprint density at radius 2 is 2.21 bits per heavy atom. The molecule has 3 nitrogen and oxygen atoms in total. The summed E-state index contributed by atoms with van der Waals surface area (Å²) < 4.78 is 0. The van der Waals surface area contributed by atoms with E-state index in [1.165, 1.54) is 0 Å². The fourth-order valence-corrected chi connectivity index (χ4v) is 2.67. The third-order valence-electron chi connectivity index (χ3n) is 2.76. The Kier molecular flexibility index (Phi) is 7.06. The number of nitrogens with zero attached hydrogens (tertiary/aromatic N) is 1. The first-order valence-corrected chi connectivity index (χ1v) is 7.68. The van der Waals surface area contributed by atoms with Crippen LogP contribution in [-0.2, 0) is 10.5 Å². The number of benzene rings is 1. The van der Waals surface area contributed by atoms with Crippen molar-refractivity contribution in [3.8, 4) is 6.07 Å². The Labute approximate surface area is 119 Å². The quantitative estimate of drug-likeness (QED) is 0.832. The third kappa shape index (κ3) is 5.80. The molecule has 0 heterocycles. The molecule has 0 unspecified atom stereocenters. The van der Waals surface area contributed by atoms with Gasteiger partial charge in [-0.3, -0.25) is 4.79 Å². The van der Waals surface area contributed by atoms with Crippen LogP contribution in [-0.4, -0.2) is 17.7 Å². The van der Waals surface area contributed by atoms with Gasteiger partial charge >= 0.3 is 0 Å². The zero-order chi connectivity index (χ0) is 14.1. The zero-order valence-corrected chi connectivity index (χ0v) is 12.3. The minimum Gasteiger partial charge on any atom is -0.353 e. The summed E-state index contributed by atoms with van der Waals surface area (Å²) in [4.78, 5) is 11.7. The molecule has 0 saturated carbocycles. The van der Waals surface area contributed by atoms with Crippen LogP contribution >= 0.6 is 11.8 Å². The molecule has 0 aliphatic rings. The molecule has 1 rings (SSSR count). The molecule has 0 aliphatic carbocycles. The van der Waals surface area contributed by atoms with E-state index in [2.05, 4.69) is 18.3 Å². The van der Waals surface area contributed by atoms with E-state index < -0.39 is 0 Å². The molecule has 0 bridgehead atoms. The van der Waals surface area contributed by atoms with Crippen molar-refractivity contribution < 1.29 is 4.79 Å². The normalized spacial score (nSPS) is 11.6. The lowest BCUT2D eigenvalue weighted by Gasteiger charge is -2.12. The maximum atomic E-state index is 11.7. The van der Waals surface area contributed by atoms with E-state index in [1.54, 1.807) is 17.8 Å². The van der Waals surface area contributed by atoms with Crippen LogP contribution in [0.4, 0.5) is 0 Å². The number of amides is 1. The van der Waals surface area contributed by atoms with Gasteiger partial charge in [-0.15, -0.1) is 11.8 Å². The van der Waals surface area contributed by atoms with Crippen LogP contribution in [0.15, 0.2) is 24.3 Å². The van der Waals surface area contributed by atoms with Gasteiger partial charge in [0.15, 0.2) is 0 Å². The van der Waals surface area contributed by atoms with E-state index >= 15 is 0 Å². The molecule has 1 amide bonds. The van der Waals surface area contributed by atoms with Gasteiger partial charge in [0.2, 0.25) is 5.91 Å². The Morgan fingerprint density at radius 3 is 2.89 bits per heavy atom. The number of nitrogens with one attached hydrogen (secondary N) is 1. The Bertz CT molecular complexity index is 454. The Hall–Kier alpha value is -1.47. The molecule has 0 fully saturated rings. The molecule has 1 atom stereocenters. The lowest BCUT2D eigenvalue weighted by molar-refractivity contribution is -0.119. The molecule has 1 aromatic carbocycles. The van der Waals surface area contributed by atoms with E-state index in [1.807, 2.05) is 25.1 Å². The molecule has 0 aliphatic heterocycles. The van der Waals surface area contributed by atoms with Crippen molar-refractivity contribution in [2.24, 2.45) is 0 Å². The average molecular weight is 276 g/mol. The number of carbonyl (C=O) groups is 1. The number of hydrogen-bond donors (Lipinski definition) is 1. The first kappa shape index (κ1) is 15.6. The van der Waals surface area contributed by atoms with Crippen LogP contribution in [0.1, 0.15) is 37.8 Å². The first-order valence-electron chi connectivity index (χ1n) is 6.52. The zero-order valence-electron chi connectivity index (χ0n) is 11.5. The van der Waals surface area contributed by atoms with Gasteiger partial charge in [0.25, 0.3) is 0 Å². The number of carbonyl (C=O) groups excluding carboxylic acids is 1. The third-order valence-corrected chi connectivity index (χ3v) is 3.74. The van der Waals surface area contributed by atoms with E-state index in [0.717, 1.165) is 18.4 Å². The second-order valence-electron chi connectivity index (χ2n) is 4.52. The summed E-state index contributed by atoms with van der Waals surface area (Å²) in [5.74, 6) is 1.20. The lowest BCUT2D eigenvalue weighted by Crippen LogP contribution is -2.33. The number of thioether (sulfide) groups is 1. The summed E-state index contributed by atoms with van der Waals surface area (Å²) in [6.07, 6.45) is 2.08. The Morgan fingerprint density at radius 1 is 1.47 bits per heavy atom. The molecule has 0 aromatic heterocycles. The summed E-state index contributed by atoms with van der Waals surface area (Å²) >= 11 is 1.54. The van der Waals surface area contributed by atoms with E-state index in [4.69, 9.17) is 5.26 Å². The molecule has 1 N–H and O–H groups in total. The first-order chi connectivity index (χ1) is 9.17. The number of rotatable bonds is 7. The minimum atomic E-state index is 0.0698. The van der Waals surface area contributed by atoms with Crippen LogP contribution in [0, 0.1) is 11.3 Å². The number of nitriles is 1. The molecule has 0 spiro atoms. The second-order valence-corrected chi connectivity index (χ2v) is 5.50. The van der Waals surface area contributed by atoms with Gasteiger partial charge in [-0.05, 0) is 25.0 Å². The summed E-state index contributed by atoms with van der Waals surface area (Å²) in [5, 5.41) is 11.9. The minimum absolute atomic E-state index is 0.0698. The van der Waals surface area contributed by atoms with Crippen LogP contribution in [0.2, 0.25) is 0 Å². The second kappa shape index (κ2) is 8.60. The topological polar surface area (TPSA) is 52.9 Å². The molecule has 1 aromatic rings. The molecular weight excluding hydrogens is 256 g/mol. The van der Waals surface area contributed by atoms with Crippen molar-refractivity contribution in [3.63, 3.8) is 0 Å². The van der Waals surface area contributed by atoms with Crippen molar-refractivity contribution in [2.75, 3.05) is 5.75 Å². The van der Waals surface area contributed by atoms with Gasteiger partial charge in [0.1, 0.15) is 0 Å². The predicted molar refractivity (Wildman–Crippen MR) is 79.8 cm³/mol. The van der Waals surface area contributed by atoms with Crippen LogP contribution in [0.25, 0.3) is 0 Å². The standard InChI is InChI=1S/C15H20N2OS/c1-3-6-12(2)17-15(18)11-19-10-14-8-5-4-7-13(14)9-16/h4-5,7-8,12H,3,6,10-11H2,1-2H3,(H,17,18)/t12-/m1/s1. The fraction of sp³-hybridized carbons (Fsp3) is 0.467. The van der Waals surface area contributed by atoms with Crippen LogP contribution in [0.5, 0.6) is 0 Å². The van der Waals surface area contributed by atoms with Gasteiger partial charge in [-0.1, -0.05) is 31.5 Å². The van der Waals surface area contributed by atoms with Gasteiger partial charge in [0.05, 0.1) is 17.4 Å². The molecule has 102 valence electrons. The van der Waals surface area contributed by atoms with E-state index in [9.17, 15) is 4.79 Å². The van der Waals surface area contributed by atoms with Gasteiger partial charge in [0, 0.05) is 11.8 Å². The van der Waals surface area contributed by atoms with Crippen molar-refractivity contribution >= 4 is 17.7 Å². The SMILES string of the molecule is CCC[C@@H](C)NC(=O)CSCc1ccccc1C#N. The van der Waals surface area contributed by atoms with Crippen LogP contribution in [0.3, 0.4) is 0 Å². The average Bonchev–Trinajstić information content (AvgIpc) is 2.39. The van der Waals surface area contributed by atoms with Gasteiger partial charge in [-0.2, -0.15) is 5.26 Å². The Balaban J connectivity index is 2.34. The summed E-state index contributed by atoms with van der Waals surface area (Å²) in [6.45, 7) is 4.13. The molecular formula is C15H20N2OS. The van der Waals surface area contributed by atoms with Crippen molar-refractivity contribution in [1.82, 2.24) is 5.32 Å². The van der Waals surface area contributed by atoms with Crippen molar-refractivity contribution in [1.29, 1.82) is 5.26 Å². The fourth-order valence-electron chi connectivity index (χ4n) is 1.83. The highest BCUT2D eigenvalue weighted by Gasteiger charge is 2.07. The smallest absolute Gasteiger partial charge is 0.230 e. The number of hydrogen-bond acceptors (Lipinski definition) is 3. The maximum Gasteiger partial charge on any atom is 0.230 e. The molecule has 0 saturated heterocycles. The lowest BCUT2D eigenvalue weighted by atomic mass is 10.1. The van der Waals surface area contributed by atoms with E-state index in [0.29, 0.717) is 17.1 Å². The van der Waals surface area contributed by atoms with Crippen molar-refractivity contribution in [2.45, 2.75) is 38.5 Å². The molecule has 0 radical (unpaired) electrons. The highest BCUT2D eigenvalue weighted by molar-refractivity contribution is 7.99. The maximum absolute atomic E-state index is 11.7. The van der Waals surface area contributed by atoms with Crippen LogP contribution < -0.4 is 5.32 Å². The van der Waals surface area contributed by atoms with Gasteiger partial charge in [-0.25, -0.2) is 0 Å². The largest absolute Gasteiger partial charge is 0.353 e. The van der Waals surface area contributed by atoms with Gasteiger partial charge < -0.3 is 5.32 Å². The highest BCUT2D eigenvalue weighted by atomic mass is 32.2. The predicted octanol–water partition coefficient (Wildman–Crippen LogP) is 3.10. The molecule has 19 heavy (non-hydrogen) atoms. The van der Waals surface area contributed by atoms with Crippen molar-refractivity contribution in [3.05, 3.63) is 35.4 Å². The highest BCUT2D eigenvalue weighted by Crippen LogP contribution is 2.15. The van der Waals surface area contributed by atoms with E-state index in [-0.39, 0.29) is 11.9 Å².